The molecule has 0 spiro atoms. The molecule has 0 saturated heterocycles. The lowest BCUT2D eigenvalue weighted by Gasteiger charge is -2.00. The van der Waals surface area contributed by atoms with Crippen molar-refractivity contribution in [2.45, 2.75) is 77.7 Å². The van der Waals surface area contributed by atoms with Gasteiger partial charge < -0.3 is 74.3 Å². The number of fused-ring (bicyclic) bond motifs is 24. The maximum Gasteiger partial charge on any atom is 0.159 e. The van der Waals surface area contributed by atoms with E-state index >= 15 is 0 Å². The second kappa shape index (κ2) is 32.2. The number of hydrogen-bond donors (Lipinski definition) is 3. The fourth-order valence-corrected chi connectivity index (χ4v) is 18.0. The van der Waals surface area contributed by atoms with Crippen LogP contribution in [0.15, 0.2) is 225 Å². The van der Waals surface area contributed by atoms with Crippen LogP contribution in [0.1, 0.15) is 68.2 Å². The second-order valence-corrected chi connectivity index (χ2v) is 31.6. The third-order valence-electron chi connectivity index (χ3n) is 24.6. The lowest BCUT2D eigenvalue weighted by molar-refractivity contribution is 0.838. The van der Waals surface area contributed by atoms with Gasteiger partial charge in [0.25, 0.3) is 0 Å². The normalized spacial score (nSPS) is 11.3. The van der Waals surface area contributed by atoms with E-state index in [0.717, 1.165) is 39.8 Å². The summed E-state index contributed by atoms with van der Waals surface area (Å²) in [6.45, 7) is 16.7. The van der Waals surface area contributed by atoms with Crippen LogP contribution in [-0.4, -0.2) is 89.3 Å². The highest BCUT2D eigenvalue weighted by molar-refractivity contribution is 6.13. The minimum absolute atomic E-state index is 0. The van der Waals surface area contributed by atoms with Gasteiger partial charge in [0, 0.05) is 208 Å². The van der Waals surface area contributed by atoms with Crippen molar-refractivity contribution in [3.05, 3.63) is 271 Å². The van der Waals surface area contributed by atoms with Crippen LogP contribution in [0, 0.1) is 55.4 Å². The van der Waals surface area contributed by atoms with Crippen molar-refractivity contribution < 1.29 is 0 Å². The average molecular weight is 1600 g/mol. The van der Waals surface area contributed by atoms with E-state index in [-0.39, 0.29) is 22.3 Å². The van der Waals surface area contributed by atoms with Gasteiger partial charge in [-0.3, -0.25) is 0 Å². The van der Waals surface area contributed by atoms with Crippen LogP contribution < -0.4 is 0 Å². The van der Waals surface area contributed by atoms with E-state index in [9.17, 15) is 0 Å². The van der Waals surface area contributed by atoms with Gasteiger partial charge in [0.2, 0.25) is 0 Å². The Morgan fingerprint density at radius 3 is 1.28 bits per heavy atom. The molecular formula is C101H115N19. The van der Waals surface area contributed by atoms with Crippen molar-refractivity contribution >= 4 is 176 Å². The highest BCUT2D eigenvalue weighted by Crippen LogP contribution is 2.37. The molecule has 0 aliphatic carbocycles. The van der Waals surface area contributed by atoms with E-state index in [1.54, 1.807) is 0 Å². The molecule has 120 heavy (non-hydrogen) atoms. The number of rotatable bonds is 0. The quantitative estimate of drug-likeness (QED) is 0.139. The summed E-state index contributed by atoms with van der Waals surface area (Å²) < 4.78 is 28.6. The number of aryl methyl sites for hydroxylation is 21. The Balaban J connectivity index is 0.000000112. The first-order valence-corrected chi connectivity index (χ1v) is 40.0. The van der Waals surface area contributed by atoms with Crippen LogP contribution in [0.5, 0.6) is 0 Å². The van der Waals surface area contributed by atoms with E-state index < -0.39 is 0 Å². The summed E-state index contributed by atoms with van der Waals surface area (Å²) in [5.41, 5.74) is 32.4. The van der Waals surface area contributed by atoms with Gasteiger partial charge in [0.05, 0.1) is 71.7 Å². The van der Waals surface area contributed by atoms with Crippen molar-refractivity contribution in [2.75, 3.05) is 0 Å². The van der Waals surface area contributed by atoms with Crippen LogP contribution >= 0.6 is 0 Å². The topological polar surface area (TPSA) is 150 Å². The van der Waals surface area contributed by atoms with Gasteiger partial charge in [0.15, 0.2) is 11.3 Å². The van der Waals surface area contributed by atoms with Crippen LogP contribution in [0.3, 0.4) is 0 Å². The lowest BCUT2D eigenvalue weighted by Crippen LogP contribution is -1.97. The Labute approximate surface area is 700 Å². The van der Waals surface area contributed by atoms with Gasteiger partial charge >= 0.3 is 0 Å². The minimum Gasteiger partial charge on any atom is -0.357 e. The first-order valence-electron chi connectivity index (χ1n) is 40.0. The monoisotopic (exact) mass is 1590 g/mol. The van der Waals surface area contributed by atoms with Crippen LogP contribution in [0.25, 0.3) is 176 Å². The maximum atomic E-state index is 4.60. The van der Waals surface area contributed by atoms with Crippen LogP contribution in [0.2, 0.25) is 0 Å². The number of hydrogen-bond acceptors (Lipinski definition) is 3. The standard InChI is InChI=1S/3C13H14N2.2C12H13N3.2C12H12N2.C11H11N3.3CH4/c1-9-13-11(8-14(9)2)10-6-4-5-7-12(10)15(13)3;1-9-13-10-6-4-5-7-11(10)15(3)12(13)8-14(9)2;1-9-8-12-13(14(9)2)10-6-4-5-7-11(10)15(12)3;1-8-13-12-11(14(8)2)9-6-4-5-7-10(9)15(12)3;1-8-13-11-9-6-4-5-7-10(9)15(3)12(11)14(8)2;1-8-7-10-9-5-3-4-6-11(9)14(2)12(10)13-8;1-8-7-11-12(13-8)9-5-3-4-6-10(9)14(11)2;1-7-12-10-8-5-3-4-6-9(8)14(2)11(10)13-7;;;/h3*4-8H,1-3H3;2*4-7H,1-3H3;2*3-7,13H,1-2H3;3-6H,1-2H3,(H,12,13);3*1H4. The van der Waals surface area contributed by atoms with Gasteiger partial charge in [-0.1, -0.05) is 168 Å². The highest BCUT2D eigenvalue weighted by atomic mass is 15.2. The molecule has 0 fully saturated rings. The third kappa shape index (κ3) is 13.5. The van der Waals surface area contributed by atoms with Crippen LogP contribution in [0.4, 0.5) is 0 Å². The molecule has 8 aromatic carbocycles. The fraction of sp³-hybridized carbons (Fsp3) is 0.238. The zero-order valence-electron chi connectivity index (χ0n) is 71.0. The van der Waals surface area contributed by atoms with Crippen molar-refractivity contribution in [1.29, 1.82) is 0 Å². The Bertz CT molecular complexity index is 7240. The molecule has 0 saturated carbocycles. The molecule has 0 aliphatic heterocycles. The predicted octanol–water partition coefficient (Wildman–Crippen LogP) is 23.9. The summed E-state index contributed by atoms with van der Waals surface area (Å²) in [5, 5.41) is 14.5. The molecule has 0 aliphatic rings. The van der Waals surface area contributed by atoms with Crippen molar-refractivity contribution in [3.63, 3.8) is 0 Å². The van der Waals surface area contributed by atoms with E-state index in [0.29, 0.717) is 0 Å². The molecule has 0 atom stereocenters. The molecule has 0 amide bonds. The minimum atomic E-state index is 0. The molecular weight excluding hydrogens is 1480 g/mol. The molecule has 16 heterocycles. The predicted molar refractivity (Wildman–Crippen MR) is 513 cm³/mol. The average Bonchev–Trinajstić information content (AvgIpc) is 1.57. The zero-order chi connectivity index (χ0) is 82.0. The maximum absolute atomic E-state index is 4.60. The number of benzene rings is 8. The smallest absolute Gasteiger partial charge is 0.159 e. The SMILES string of the molecule is C.C.C.Cc1c2c(cn1C)c1ccccc1n2C.Cc1c2c3ccccc3n(C)c2cn1C.Cc1cc2c([nH]1)c1ccccc1n2C.Cc1cc2c(c3ccccc3n2C)n1C.Cc1cc2c3ccccc3n(C)c2[nH]1.Cc1nc2c([nH]1)c1ccccc1n2C.Cc1nc2c(c3ccccc3n2C)n1C.Cc1nc2c3ccccc3n(C)c2n1C. The summed E-state index contributed by atoms with van der Waals surface area (Å²) in [7, 11) is 27.3. The number of nitrogens with zero attached hydrogens (tertiary/aromatic N) is 16. The fourth-order valence-electron chi connectivity index (χ4n) is 18.0. The lowest BCUT2D eigenvalue weighted by atomic mass is 10.2. The van der Waals surface area contributed by atoms with Gasteiger partial charge in [-0.15, -0.1) is 0 Å². The number of imidazole rings is 3. The van der Waals surface area contributed by atoms with Gasteiger partial charge in [-0.05, 0) is 122 Å². The van der Waals surface area contributed by atoms with Gasteiger partial charge in [-0.25, -0.2) is 15.0 Å². The molecule has 0 bridgehead atoms. The van der Waals surface area contributed by atoms with Crippen molar-refractivity contribution in [3.8, 4) is 0 Å². The molecule has 0 unspecified atom stereocenters. The molecule has 614 valence electrons. The summed E-state index contributed by atoms with van der Waals surface area (Å²) in [4.78, 5) is 23.7. The molecule has 24 rings (SSSR count). The number of H-pyrrole nitrogens is 3. The second-order valence-electron chi connectivity index (χ2n) is 31.6. The zero-order valence-corrected chi connectivity index (χ0v) is 71.0. The largest absolute Gasteiger partial charge is 0.357 e. The number of nitrogens with one attached hydrogen (secondary N) is 3. The Morgan fingerprint density at radius 2 is 0.683 bits per heavy atom. The molecule has 24 aromatic rings. The number of aromatic nitrogens is 19. The third-order valence-corrected chi connectivity index (χ3v) is 24.6. The van der Waals surface area contributed by atoms with Crippen LogP contribution in [-0.2, 0) is 91.6 Å². The number of aromatic amines is 3. The summed E-state index contributed by atoms with van der Waals surface area (Å²) >= 11 is 0. The molecule has 19 heteroatoms. The van der Waals surface area contributed by atoms with Crippen molar-refractivity contribution in [1.82, 2.24) is 89.3 Å². The van der Waals surface area contributed by atoms with Gasteiger partial charge in [0.1, 0.15) is 34.3 Å². The van der Waals surface area contributed by atoms with Gasteiger partial charge in [-0.2, -0.15) is 0 Å². The first kappa shape index (κ1) is 82.7. The molecule has 3 N–H and O–H groups in total. The summed E-state index contributed by atoms with van der Waals surface area (Å²) in [6.07, 6.45) is 4.41. The Kier molecular flexibility index (Phi) is 22.2. The van der Waals surface area contributed by atoms with Crippen molar-refractivity contribution in [2.24, 2.45) is 91.6 Å². The number of para-hydroxylation sites is 8. The first-order chi connectivity index (χ1) is 56.3. The van der Waals surface area contributed by atoms with E-state index in [2.05, 4.69) is 427 Å². The Morgan fingerprint density at radius 1 is 0.258 bits per heavy atom. The summed E-state index contributed by atoms with van der Waals surface area (Å²) in [6, 6.07) is 74.4. The summed E-state index contributed by atoms with van der Waals surface area (Å²) in [5.74, 6) is 3.08. The molecule has 16 aromatic heterocycles. The molecule has 0 radical (unpaired) electrons. The highest BCUT2D eigenvalue weighted by Gasteiger charge is 2.20. The van der Waals surface area contributed by atoms with E-state index in [4.69, 9.17) is 0 Å². The van der Waals surface area contributed by atoms with E-state index in [1.165, 1.54) is 182 Å². The Hall–Kier alpha value is -13.8. The molecule has 19 nitrogen and oxygen atoms in total. The van der Waals surface area contributed by atoms with E-state index in [1.807, 2.05) is 33.9 Å².